The maximum absolute atomic E-state index is 13.0. The minimum absolute atomic E-state index is 0.0175. The highest BCUT2D eigenvalue weighted by Gasteiger charge is 2.16. The molecular formula is C8H5FN2O2S. The van der Waals surface area contributed by atoms with Crippen molar-refractivity contribution in [3.05, 3.63) is 33.6 Å². The first-order valence-electron chi connectivity index (χ1n) is 3.58. The van der Waals surface area contributed by atoms with Gasteiger partial charge in [0.25, 0.3) is 5.69 Å². The number of aliphatic imine (C=N–C) groups is 1. The van der Waals surface area contributed by atoms with Gasteiger partial charge in [-0.2, -0.15) is 4.99 Å². The number of isothiocyanates is 1. The number of nitrogens with zero attached hydrogens (tertiary/aromatic N) is 2. The lowest BCUT2D eigenvalue weighted by Gasteiger charge is -1.98. The van der Waals surface area contributed by atoms with Crippen molar-refractivity contribution in [3.8, 4) is 0 Å². The van der Waals surface area contributed by atoms with Gasteiger partial charge < -0.3 is 0 Å². The Kier molecular flexibility index (Phi) is 3.01. The van der Waals surface area contributed by atoms with Gasteiger partial charge in [-0.15, -0.1) is 0 Å². The Hall–Kier alpha value is -1.65. The zero-order valence-corrected chi connectivity index (χ0v) is 7.97. The average molecular weight is 212 g/mol. The molecule has 1 aromatic carbocycles. The summed E-state index contributed by atoms with van der Waals surface area (Å²) in [5.74, 6) is -0.639. The van der Waals surface area contributed by atoms with Crippen LogP contribution in [0.2, 0.25) is 0 Å². The van der Waals surface area contributed by atoms with Crippen LogP contribution in [0, 0.1) is 22.9 Å². The Labute approximate surface area is 84.2 Å². The van der Waals surface area contributed by atoms with Gasteiger partial charge in [0.05, 0.1) is 16.2 Å². The van der Waals surface area contributed by atoms with Gasteiger partial charge in [0, 0.05) is 0 Å². The van der Waals surface area contributed by atoms with Crippen LogP contribution in [0.4, 0.5) is 15.8 Å². The molecule has 0 saturated carbocycles. The summed E-state index contributed by atoms with van der Waals surface area (Å²) in [7, 11) is 0. The fraction of sp³-hybridized carbons (Fsp3) is 0.125. The first-order valence-corrected chi connectivity index (χ1v) is 3.99. The lowest BCUT2D eigenvalue weighted by Crippen LogP contribution is -1.91. The van der Waals surface area contributed by atoms with E-state index < -0.39 is 16.4 Å². The third-order valence-corrected chi connectivity index (χ3v) is 1.71. The Morgan fingerprint density at radius 3 is 2.79 bits per heavy atom. The Bertz CT molecular complexity index is 414. The second kappa shape index (κ2) is 4.04. The molecule has 0 spiro atoms. The molecule has 0 unspecified atom stereocenters. The van der Waals surface area contributed by atoms with Crippen LogP contribution < -0.4 is 0 Å². The minimum atomic E-state index is -0.714. The topological polar surface area (TPSA) is 55.5 Å². The summed E-state index contributed by atoms with van der Waals surface area (Å²) in [6, 6.07) is 2.08. The third kappa shape index (κ3) is 1.99. The molecule has 0 atom stereocenters. The van der Waals surface area contributed by atoms with Crippen molar-refractivity contribution >= 4 is 28.8 Å². The molecule has 0 aliphatic rings. The van der Waals surface area contributed by atoms with Crippen molar-refractivity contribution in [1.29, 1.82) is 0 Å². The minimum Gasteiger partial charge on any atom is -0.258 e. The SMILES string of the molecule is Cc1cc(N=C=S)c([N+](=O)[O-])cc1F. The number of nitro benzene ring substituents is 1. The van der Waals surface area contributed by atoms with Crippen molar-refractivity contribution < 1.29 is 9.31 Å². The summed E-state index contributed by atoms with van der Waals surface area (Å²) in [5, 5.41) is 12.5. The van der Waals surface area contributed by atoms with E-state index in [9.17, 15) is 14.5 Å². The van der Waals surface area contributed by atoms with Crippen molar-refractivity contribution in [2.45, 2.75) is 6.92 Å². The molecule has 0 heterocycles. The summed E-state index contributed by atoms with van der Waals surface area (Å²) < 4.78 is 13.0. The first kappa shape index (κ1) is 10.4. The molecule has 0 aromatic heterocycles. The van der Waals surface area contributed by atoms with Crippen LogP contribution in [0.3, 0.4) is 0 Å². The van der Waals surface area contributed by atoms with Crippen LogP contribution in [0.25, 0.3) is 0 Å². The standard InChI is InChI=1S/C8H5FN2O2S/c1-5-2-7(10-4-14)8(11(12)13)3-6(5)9/h2-3H,1H3. The van der Waals surface area contributed by atoms with Gasteiger partial charge in [-0.05, 0) is 30.8 Å². The monoisotopic (exact) mass is 212 g/mol. The number of halogens is 1. The first-order chi connectivity index (χ1) is 6.56. The molecule has 0 amide bonds. The quantitative estimate of drug-likeness (QED) is 0.328. The molecule has 0 aliphatic heterocycles. The van der Waals surface area contributed by atoms with Gasteiger partial charge in [0.15, 0.2) is 5.69 Å². The largest absolute Gasteiger partial charge is 0.298 e. The highest BCUT2D eigenvalue weighted by molar-refractivity contribution is 7.78. The average Bonchev–Trinajstić information content (AvgIpc) is 2.11. The van der Waals surface area contributed by atoms with Crippen molar-refractivity contribution in [2.24, 2.45) is 4.99 Å². The molecule has 4 nitrogen and oxygen atoms in total. The van der Waals surface area contributed by atoms with E-state index in [-0.39, 0.29) is 11.3 Å². The summed E-state index contributed by atoms with van der Waals surface area (Å²) >= 11 is 4.32. The van der Waals surface area contributed by atoms with E-state index in [1.807, 2.05) is 5.16 Å². The van der Waals surface area contributed by atoms with Crippen LogP contribution in [0.5, 0.6) is 0 Å². The number of aryl methyl sites for hydroxylation is 1. The predicted molar refractivity (Wildman–Crippen MR) is 52.5 cm³/mol. The van der Waals surface area contributed by atoms with E-state index in [0.29, 0.717) is 0 Å². The zero-order chi connectivity index (χ0) is 10.7. The molecule has 0 fully saturated rings. The van der Waals surface area contributed by atoms with E-state index in [0.717, 1.165) is 6.07 Å². The normalized spacial score (nSPS) is 9.29. The molecule has 1 aromatic rings. The van der Waals surface area contributed by atoms with Gasteiger partial charge in [-0.25, -0.2) is 4.39 Å². The second-order valence-corrected chi connectivity index (χ2v) is 2.73. The molecule has 14 heavy (non-hydrogen) atoms. The van der Waals surface area contributed by atoms with E-state index in [1.54, 1.807) is 0 Å². The third-order valence-electron chi connectivity index (χ3n) is 1.62. The van der Waals surface area contributed by atoms with Crippen LogP contribution in [0.1, 0.15) is 5.56 Å². The zero-order valence-electron chi connectivity index (χ0n) is 7.15. The van der Waals surface area contributed by atoms with E-state index in [4.69, 9.17) is 0 Å². The summed E-state index contributed by atoms with van der Waals surface area (Å²) in [4.78, 5) is 13.2. The predicted octanol–water partition coefficient (Wildman–Crippen LogP) is 2.78. The molecule has 1 rings (SSSR count). The smallest absolute Gasteiger partial charge is 0.258 e. The van der Waals surface area contributed by atoms with Gasteiger partial charge in [-0.3, -0.25) is 10.1 Å². The van der Waals surface area contributed by atoms with Crippen LogP contribution in [-0.4, -0.2) is 10.1 Å². The van der Waals surface area contributed by atoms with Gasteiger partial charge >= 0.3 is 0 Å². The highest BCUT2D eigenvalue weighted by Crippen LogP contribution is 2.29. The molecule has 6 heteroatoms. The fourth-order valence-electron chi connectivity index (χ4n) is 0.941. The maximum Gasteiger partial charge on any atom is 0.298 e. The maximum atomic E-state index is 13.0. The second-order valence-electron chi connectivity index (χ2n) is 2.55. The molecule has 0 N–H and O–H groups in total. The highest BCUT2D eigenvalue weighted by atomic mass is 32.1. The van der Waals surface area contributed by atoms with E-state index in [2.05, 4.69) is 17.2 Å². The Morgan fingerprint density at radius 1 is 1.64 bits per heavy atom. The summed E-state index contributed by atoms with van der Waals surface area (Å²) in [5.41, 5.74) is -0.117. The number of thiocarbonyl (C=S) groups is 1. The van der Waals surface area contributed by atoms with E-state index in [1.165, 1.54) is 13.0 Å². The van der Waals surface area contributed by atoms with Gasteiger partial charge in [0.1, 0.15) is 5.82 Å². The van der Waals surface area contributed by atoms with Crippen LogP contribution in [-0.2, 0) is 0 Å². The molecule has 0 aliphatic carbocycles. The van der Waals surface area contributed by atoms with Gasteiger partial charge in [0.2, 0.25) is 0 Å². The molecule has 0 radical (unpaired) electrons. The number of benzene rings is 1. The lowest BCUT2D eigenvalue weighted by molar-refractivity contribution is -0.384. The van der Waals surface area contributed by atoms with Gasteiger partial charge in [-0.1, -0.05) is 0 Å². The molecular weight excluding hydrogens is 207 g/mol. The number of nitro groups is 1. The molecule has 0 saturated heterocycles. The van der Waals surface area contributed by atoms with Crippen LogP contribution in [0.15, 0.2) is 17.1 Å². The van der Waals surface area contributed by atoms with Crippen molar-refractivity contribution in [2.75, 3.05) is 0 Å². The number of rotatable bonds is 2. The Balaban J connectivity index is 3.45. The van der Waals surface area contributed by atoms with E-state index >= 15 is 0 Å². The lowest BCUT2D eigenvalue weighted by atomic mass is 10.2. The fourth-order valence-corrected chi connectivity index (χ4v) is 1.04. The summed E-state index contributed by atoms with van der Waals surface area (Å²) in [6.07, 6.45) is 0. The Morgan fingerprint density at radius 2 is 2.29 bits per heavy atom. The molecule has 0 bridgehead atoms. The molecule has 72 valence electrons. The van der Waals surface area contributed by atoms with Crippen molar-refractivity contribution in [3.63, 3.8) is 0 Å². The van der Waals surface area contributed by atoms with Crippen molar-refractivity contribution in [1.82, 2.24) is 0 Å². The number of hydrogen-bond donors (Lipinski definition) is 0. The van der Waals surface area contributed by atoms with Crippen LogP contribution >= 0.6 is 12.2 Å². The summed E-state index contributed by atoms with van der Waals surface area (Å²) in [6.45, 7) is 1.49. The number of hydrogen-bond acceptors (Lipinski definition) is 4.